The Bertz CT molecular complexity index is 1080. The van der Waals surface area contributed by atoms with Gasteiger partial charge >= 0.3 is 6.09 Å². The summed E-state index contributed by atoms with van der Waals surface area (Å²) in [6.45, 7) is 9.25. The van der Waals surface area contributed by atoms with E-state index in [0.717, 1.165) is 47.9 Å². The molecule has 0 aliphatic heterocycles. The van der Waals surface area contributed by atoms with Gasteiger partial charge in [0.05, 0.1) is 0 Å². The quantitative estimate of drug-likeness (QED) is 0.488. The van der Waals surface area contributed by atoms with Crippen molar-refractivity contribution >= 4 is 17.9 Å². The molecule has 38 heavy (non-hydrogen) atoms. The van der Waals surface area contributed by atoms with Gasteiger partial charge in [-0.1, -0.05) is 67.8 Å². The first kappa shape index (κ1) is 29.2. The Morgan fingerprint density at radius 2 is 1.55 bits per heavy atom. The highest BCUT2D eigenvalue weighted by molar-refractivity contribution is 5.92. The standard InChI is InChI=1S/C31H43N3O4/c1-21-14-13-15-22(2)26(21)27(28(35)32-24-18-11-8-12-19-24)34(6)29(36)25(20-23-16-9-7-10-17-23)33-30(37)38-31(3,4)5/h7,9-10,13-17,24-25,27H,8,11-12,18-20H2,1-6H3,(H,32,35)(H,33,37). The second-order valence-corrected chi connectivity index (χ2v) is 11.4. The molecule has 0 heterocycles. The fraction of sp³-hybridized carbons (Fsp3) is 0.516. The highest BCUT2D eigenvalue weighted by Gasteiger charge is 2.36. The molecule has 7 nitrogen and oxygen atoms in total. The number of hydrogen-bond acceptors (Lipinski definition) is 4. The van der Waals surface area contributed by atoms with E-state index in [2.05, 4.69) is 10.6 Å². The predicted molar refractivity (Wildman–Crippen MR) is 150 cm³/mol. The second-order valence-electron chi connectivity index (χ2n) is 11.4. The summed E-state index contributed by atoms with van der Waals surface area (Å²) in [6.07, 6.45) is 4.85. The summed E-state index contributed by atoms with van der Waals surface area (Å²) >= 11 is 0. The van der Waals surface area contributed by atoms with Gasteiger partial charge in [0.25, 0.3) is 0 Å². The lowest BCUT2D eigenvalue weighted by molar-refractivity contribution is -0.141. The highest BCUT2D eigenvalue weighted by Crippen LogP contribution is 2.29. The number of benzene rings is 2. The molecule has 2 unspecified atom stereocenters. The second kappa shape index (κ2) is 12.9. The molecule has 3 rings (SSSR count). The number of amides is 3. The van der Waals surface area contributed by atoms with Crippen molar-refractivity contribution in [2.75, 3.05) is 7.05 Å². The average molecular weight is 522 g/mol. The number of nitrogens with one attached hydrogen (secondary N) is 2. The van der Waals surface area contributed by atoms with Gasteiger partial charge in [-0.3, -0.25) is 9.59 Å². The number of likely N-dealkylation sites (N-methyl/N-ethyl adjacent to an activating group) is 1. The zero-order chi connectivity index (χ0) is 27.9. The Balaban J connectivity index is 1.94. The Morgan fingerprint density at radius 3 is 2.13 bits per heavy atom. The van der Waals surface area contributed by atoms with Gasteiger partial charge in [-0.25, -0.2) is 4.79 Å². The minimum Gasteiger partial charge on any atom is -0.444 e. The minimum atomic E-state index is -0.911. The van der Waals surface area contributed by atoms with Crippen molar-refractivity contribution < 1.29 is 19.1 Å². The van der Waals surface area contributed by atoms with Gasteiger partial charge in [-0.15, -0.1) is 0 Å². The number of aryl methyl sites for hydroxylation is 2. The van der Waals surface area contributed by atoms with Gasteiger partial charge < -0.3 is 20.3 Å². The molecule has 7 heteroatoms. The number of carbonyl (C=O) groups is 3. The third-order valence-corrected chi connectivity index (χ3v) is 7.02. The van der Waals surface area contributed by atoms with E-state index in [0.29, 0.717) is 0 Å². The van der Waals surface area contributed by atoms with Crippen LogP contribution in [0.1, 0.15) is 81.2 Å². The summed E-state index contributed by atoms with van der Waals surface area (Å²) in [7, 11) is 1.65. The molecule has 1 aliphatic carbocycles. The lowest BCUT2D eigenvalue weighted by Gasteiger charge is -2.34. The number of nitrogens with zero attached hydrogens (tertiary/aromatic N) is 1. The number of carbonyl (C=O) groups excluding carboxylic acids is 3. The molecule has 1 fully saturated rings. The molecule has 3 amide bonds. The molecule has 2 aromatic carbocycles. The van der Waals surface area contributed by atoms with Crippen LogP contribution in [0.4, 0.5) is 4.79 Å². The van der Waals surface area contributed by atoms with E-state index in [1.165, 1.54) is 11.3 Å². The third kappa shape index (κ3) is 8.07. The lowest BCUT2D eigenvalue weighted by atomic mass is 9.92. The molecule has 0 spiro atoms. The van der Waals surface area contributed by atoms with Crippen molar-refractivity contribution in [1.29, 1.82) is 0 Å². The summed E-state index contributed by atoms with van der Waals surface area (Å²) in [4.78, 5) is 42.1. The molecule has 0 bridgehead atoms. The van der Waals surface area contributed by atoms with Crippen LogP contribution < -0.4 is 10.6 Å². The van der Waals surface area contributed by atoms with Crippen LogP contribution in [0.2, 0.25) is 0 Å². The van der Waals surface area contributed by atoms with E-state index >= 15 is 0 Å². The fourth-order valence-corrected chi connectivity index (χ4v) is 5.16. The zero-order valence-corrected chi connectivity index (χ0v) is 23.7. The predicted octanol–water partition coefficient (Wildman–Crippen LogP) is 5.39. The van der Waals surface area contributed by atoms with Crippen LogP contribution in [0.5, 0.6) is 0 Å². The summed E-state index contributed by atoms with van der Waals surface area (Å²) < 4.78 is 5.47. The Hall–Kier alpha value is -3.35. The first-order valence-electron chi connectivity index (χ1n) is 13.6. The molecular formula is C31H43N3O4. The Kier molecular flexibility index (Phi) is 9.95. The SMILES string of the molecule is Cc1cccc(C)c1C(C(=O)NC1CCCCC1)N(C)C(=O)C(Cc1ccccc1)NC(=O)OC(C)(C)C. The van der Waals surface area contributed by atoms with E-state index < -0.39 is 23.8 Å². The molecule has 0 radical (unpaired) electrons. The van der Waals surface area contributed by atoms with Crippen molar-refractivity contribution in [2.24, 2.45) is 0 Å². The van der Waals surface area contributed by atoms with Gasteiger partial charge in [0, 0.05) is 19.5 Å². The lowest BCUT2D eigenvalue weighted by Crippen LogP contribution is -2.53. The number of ether oxygens (including phenoxy) is 1. The van der Waals surface area contributed by atoms with Crippen LogP contribution in [0, 0.1) is 13.8 Å². The van der Waals surface area contributed by atoms with E-state index in [9.17, 15) is 14.4 Å². The third-order valence-electron chi connectivity index (χ3n) is 7.02. The van der Waals surface area contributed by atoms with Gasteiger partial charge in [0.2, 0.25) is 11.8 Å². The molecule has 0 saturated heterocycles. The van der Waals surface area contributed by atoms with Crippen LogP contribution in [-0.4, -0.2) is 47.5 Å². The van der Waals surface area contributed by atoms with Crippen LogP contribution in [0.15, 0.2) is 48.5 Å². The van der Waals surface area contributed by atoms with Gasteiger partial charge in [-0.2, -0.15) is 0 Å². The van der Waals surface area contributed by atoms with Crippen LogP contribution in [0.25, 0.3) is 0 Å². The van der Waals surface area contributed by atoms with Crippen LogP contribution in [-0.2, 0) is 20.7 Å². The molecule has 1 aliphatic rings. The molecule has 0 aromatic heterocycles. The molecule has 2 aromatic rings. The van der Waals surface area contributed by atoms with E-state index in [-0.39, 0.29) is 24.3 Å². The maximum absolute atomic E-state index is 14.1. The molecular weight excluding hydrogens is 478 g/mol. The van der Waals surface area contributed by atoms with Crippen LogP contribution >= 0.6 is 0 Å². The smallest absolute Gasteiger partial charge is 0.408 e. The first-order chi connectivity index (χ1) is 18.0. The highest BCUT2D eigenvalue weighted by atomic mass is 16.6. The largest absolute Gasteiger partial charge is 0.444 e. The minimum absolute atomic E-state index is 0.103. The van der Waals surface area contributed by atoms with Crippen molar-refractivity contribution in [3.05, 3.63) is 70.8 Å². The number of hydrogen-bond donors (Lipinski definition) is 2. The normalized spacial score (nSPS) is 15.7. The van der Waals surface area contributed by atoms with Gasteiger partial charge in [-0.05, 0) is 69.7 Å². The van der Waals surface area contributed by atoms with Crippen molar-refractivity contribution in [2.45, 2.75) is 96.9 Å². The van der Waals surface area contributed by atoms with E-state index in [1.54, 1.807) is 27.8 Å². The fourth-order valence-electron chi connectivity index (χ4n) is 5.16. The van der Waals surface area contributed by atoms with Crippen molar-refractivity contribution in [3.63, 3.8) is 0 Å². The summed E-state index contributed by atoms with van der Waals surface area (Å²) in [5.41, 5.74) is 2.87. The molecule has 206 valence electrons. The Labute approximate surface area is 227 Å². The summed E-state index contributed by atoms with van der Waals surface area (Å²) in [5.74, 6) is -0.549. The maximum atomic E-state index is 14.1. The number of rotatable bonds is 8. The monoisotopic (exact) mass is 521 g/mol. The van der Waals surface area contributed by atoms with Crippen molar-refractivity contribution in [3.8, 4) is 0 Å². The number of alkyl carbamates (subject to hydrolysis) is 1. The first-order valence-corrected chi connectivity index (χ1v) is 13.6. The summed E-state index contributed by atoms with van der Waals surface area (Å²) in [5, 5.41) is 6.00. The van der Waals surface area contributed by atoms with E-state index in [4.69, 9.17) is 4.74 Å². The van der Waals surface area contributed by atoms with Crippen LogP contribution in [0.3, 0.4) is 0 Å². The zero-order valence-electron chi connectivity index (χ0n) is 23.7. The van der Waals surface area contributed by atoms with E-state index in [1.807, 2.05) is 62.4 Å². The van der Waals surface area contributed by atoms with Gasteiger partial charge in [0.1, 0.15) is 17.7 Å². The summed E-state index contributed by atoms with van der Waals surface area (Å²) in [6, 6.07) is 13.8. The molecule has 2 atom stereocenters. The molecule has 1 saturated carbocycles. The Morgan fingerprint density at radius 1 is 0.947 bits per heavy atom. The maximum Gasteiger partial charge on any atom is 0.408 e. The van der Waals surface area contributed by atoms with Gasteiger partial charge in [0.15, 0.2) is 0 Å². The molecule has 2 N–H and O–H groups in total. The average Bonchev–Trinajstić information content (AvgIpc) is 2.85. The van der Waals surface area contributed by atoms with Crippen molar-refractivity contribution in [1.82, 2.24) is 15.5 Å². The topological polar surface area (TPSA) is 87.7 Å².